The van der Waals surface area contributed by atoms with E-state index in [1.165, 1.54) is 0 Å². The molecule has 3 aromatic rings. The molecule has 2 aromatic carbocycles. The Morgan fingerprint density at radius 2 is 1.89 bits per heavy atom. The molecule has 1 aromatic heterocycles. The van der Waals surface area contributed by atoms with E-state index in [0.717, 1.165) is 23.5 Å². The van der Waals surface area contributed by atoms with Crippen molar-refractivity contribution in [3.8, 4) is 35.3 Å². The van der Waals surface area contributed by atoms with Crippen LogP contribution >= 0.6 is 0 Å². The molecule has 0 aliphatic carbocycles. The van der Waals surface area contributed by atoms with Crippen molar-refractivity contribution in [2.45, 2.75) is 12.5 Å². The second-order valence-electron chi connectivity index (χ2n) is 8.20. The van der Waals surface area contributed by atoms with Crippen molar-refractivity contribution >= 4 is 28.8 Å². The lowest BCUT2D eigenvalue weighted by atomic mass is 10.2. The number of pyridine rings is 1. The number of fused-ring (bicyclic) bond motifs is 1. The number of nitrogens with one attached hydrogen (secondary N) is 2. The van der Waals surface area contributed by atoms with Crippen molar-refractivity contribution < 1.29 is 19.0 Å². The molecule has 9 heteroatoms. The largest absolute Gasteiger partial charge is 0.486 e. The number of benzene rings is 2. The van der Waals surface area contributed by atoms with Crippen LogP contribution in [0.2, 0.25) is 0 Å². The number of nitrogens with two attached hydrogens (primary N) is 1. The number of terminal acetylenes is 1. The summed E-state index contributed by atoms with van der Waals surface area (Å²) in [4.78, 5) is 17.7. The highest BCUT2D eigenvalue weighted by Crippen LogP contribution is 2.36. The number of carbonyl (C=O) groups is 1. The molecule has 0 spiro atoms. The second kappa shape index (κ2) is 9.73. The lowest BCUT2D eigenvalue weighted by molar-refractivity contribution is -0.124. The summed E-state index contributed by atoms with van der Waals surface area (Å²) in [5.74, 6) is 4.97. The van der Waals surface area contributed by atoms with Gasteiger partial charge in [-0.15, -0.1) is 6.42 Å². The fourth-order valence-electron chi connectivity index (χ4n) is 4.08. The molecule has 4 N–H and O–H groups in total. The summed E-state index contributed by atoms with van der Waals surface area (Å²) in [6.45, 7) is 2.23. The monoisotopic (exact) mass is 471 g/mol. The van der Waals surface area contributed by atoms with Crippen LogP contribution in [0.15, 0.2) is 54.7 Å². The number of hydrogen-bond donors (Lipinski definition) is 3. The fourth-order valence-corrected chi connectivity index (χ4v) is 4.08. The molecule has 3 heterocycles. The number of rotatable bonds is 6. The highest BCUT2D eigenvalue weighted by molar-refractivity contribution is 5.93. The smallest absolute Gasteiger partial charge is 0.298 e. The number of aromatic nitrogens is 1. The van der Waals surface area contributed by atoms with Crippen molar-refractivity contribution in [2.24, 2.45) is 0 Å². The molecule has 0 radical (unpaired) electrons. The number of ether oxygens (including phenoxy) is 3. The summed E-state index contributed by atoms with van der Waals surface area (Å²) in [5.41, 5.74) is 8.46. The first kappa shape index (κ1) is 22.2. The highest BCUT2D eigenvalue weighted by atomic mass is 16.6. The molecule has 35 heavy (non-hydrogen) atoms. The average Bonchev–Trinajstić information content (AvgIpc) is 3.35. The Bertz CT molecular complexity index is 1270. The third-order valence-corrected chi connectivity index (χ3v) is 5.81. The predicted molar refractivity (Wildman–Crippen MR) is 133 cm³/mol. The molecule has 0 unspecified atom stereocenters. The zero-order chi connectivity index (χ0) is 24.2. The SMILES string of the molecule is C#CC(=O)N1CC[C@@H](Nc2ccnc(N)c2Nc2ccc(Oc3ccc4c(c3)OCCO4)cc2)C1. The number of anilines is 4. The van der Waals surface area contributed by atoms with E-state index in [1.807, 2.05) is 48.5 Å². The van der Waals surface area contributed by atoms with Gasteiger partial charge < -0.3 is 35.5 Å². The molecule has 1 saturated heterocycles. The van der Waals surface area contributed by atoms with Gasteiger partial charge in [-0.3, -0.25) is 4.79 Å². The molecule has 5 rings (SSSR count). The van der Waals surface area contributed by atoms with Crippen LogP contribution in [0.3, 0.4) is 0 Å². The third kappa shape index (κ3) is 5.01. The van der Waals surface area contributed by atoms with Crippen LogP contribution in [0, 0.1) is 12.3 Å². The first-order chi connectivity index (χ1) is 17.1. The maximum Gasteiger partial charge on any atom is 0.298 e. The van der Waals surface area contributed by atoms with Gasteiger partial charge in [-0.05, 0) is 54.8 Å². The number of hydrogen-bond acceptors (Lipinski definition) is 8. The van der Waals surface area contributed by atoms with E-state index in [2.05, 4.69) is 21.5 Å². The summed E-state index contributed by atoms with van der Waals surface area (Å²) in [5, 5.41) is 6.79. The van der Waals surface area contributed by atoms with Crippen LogP contribution in [-0.2, 0) is 4.79 Å². The van der Waals surface area contributed by atoms with Crippen molar-refractivity contribution in [3.63, 3.8) is 0 Å². The van der Waals surface area contributed by atoms with E-state index in [9.17, 15) is 4.79 Å². The Balaban J connectivity index is 1.26. The van der Waals surface area contributed by atoms with Gasteiger partial charge in [-0.25, -0.2) is 4.98 Å². The molecule has 1 atom stereocenters. The first-order valence-corrected chi connectivity index (χ1v) is 11.3. The average molecular weight is 472 g/mol. The lowest BCUT2D eigenvalue weighted by Gasteiger charge is -2.20. The molecule has 9 nitrogen and oxygen atoms in total. The maximum absolute atomic E-state index is 11.8. The van der Waals surface area contributed by atoms with Gasteiger partial charge in [0.25, 0.3) is 5.91 Å². The zero-order valence-electron chi connectivity index (χ0n) is 19.0. The fraction of sp³-hybridized carbons (Fsp3) is 0.231. The number of likely N-dealkylation sites (tertiary alicyclic amines) is 1. The minimum atomic E-state index is -0.291. The van der Waals surface area contributed by atoms with Gasteiger partial charge in [0.15, 0.2) is 11.5 Å². The normalized spacial score (nSPS) is 16.3. The van der Waals surface area contributed by atoms with Crippen molar-refractivity contribution in [1.29, 1.82) is 0 Å². The second-order valence-corrected chi connectivity index (χ2v) is 8.20. The molecular weight excluding hydrogens is 446 g/mol. The minimum Gasteiger partial charge on any atom is -0.486 e. The lowest BCUT2D eigenvalue weighted by Crippen LogP contribution is -2.30. The van der Waals surface area contributed by atoms with Gasteiger partial charge in [0.1, 0.15) is 36.2 Å². The quantitative estimate of drug-likeness (QED) is 0.468. The maximum atomic E-state index is 11.8. The number of amides is 1. The molecular formula is C26H25N5O4. The van der Waals surface area contributed by atoms with Crippen LogP contribution < -0.4 is 30.6 Å². The topological polar surface area (TPSA) is 111 Å². The van der Waals surface area contributed by atoms with Gasteiger partial charge in [-0.2, -0.15) is 0 Å². The van der Waals surface area contributed by atoms with Gasteiger partial charge in [0.2, 0.25) is 0 Å². The van der Waals surface area contributed by atoms with Crippen molar-refractivity contribution in [1.82, 2.24) is 9.88 Å². The molecule has 2 aliphatic heterocycles. The Morgan fingerprint density at radius 3 is 2.69 bits per heavy atom. The summed E-state index contributed by atoms with van der Waals surface area (Å²) >= 11 is 0. The molecule has 178 valence electrons. The predicted octanol–water partition coefficient (Wildman–Crippen LogP) is 3.62. The van der Waals surface area contributed by atoms with E-state index in [1.54, 1.807) is 11.1 Å². The van der Waals surface area contributed by atoms with Gasteiger partial charge in [-0.1, -0.05) is 0 Å². The summed E-state index contributed by atoms with van der Waals surface area (Å²) in [6, 6.07) is 14.9. The minimum absolute atomic E-state index is 0.0661. The first-order valence-electron chi connectivity index (χ1n) is 11.3. The molecule has 0 saturated carbocycles. The van der Waals surface area contributed by atoms with Crippen LogP contribution in [0.5, 0.6) is 23.0 Å². The van der Waals surface area contributed by atoms with E-state index < -0.39 is 0 Å². The number of nitrogens with zero attached hydrogens (tertiary/aromatic N) is 2. The summed E-state index contributed by atoms with van der Waals surface area (Å²) in [7, 11) is 0. The third-order valence-electron chi connectivity index (χ3n) is 5.81. The van der Waals surface area contributed by atoms with Gasteiger partial charge in [0.05, 0.1) is 5.69 Å². The van der Waals surface area contributed by atoms with E-state index >= 15 is 0 Å². The van der Waals surface area contributed by atoms with Crippen molar-refractivity contribution in [2.75, 3.05) is 42.7 Å². The zero-order valence-corrected chi connectivity index (χ0v) is 19.0. The summed E-state index contributed by atoms with van der Waals surface area (Å²) < 4.78 is 17.1. The van der Waals surface area contributed by atoms with Crippen LogP contribution in [0.25, 0.3) is 0 Å². The van der Waals surface area contributed by atoms with E-state index in [-0.39, 0.29) is 11.9 Å². The standard InChI is InChI=1S/C26H25N5O4/c1-2-24(32)31-12-10-18(16-31)29-21-9-11-28-26(27)25(21)30-17-3-5-19(6-4-17)35-20-7-8-22-23(15-20)34-14-13-33-22/h1,3-9,11,15,18,30H,10,12-14,16H2,(H3,27,28,29)/t18-/m1/s1. The summed E-state index contributed by atoms with van der Waals surface area (Å²) in [6.07, 6.45) is 7.68. The van der Waals surface area contributed by atoms with E-state index in [4.69, 9.17) is 26.4 Å². The molecule has 0 bridgehead atoms. The van der Waals surface area contributed by atoms with Crippen molar-refractivity contribution in [3.05, 3.63) is 54.7 Å². The van der Waals surface area contributed by atoms with Crippen LogP contribution in [0.4, 0.5) is 22.9 Å². The molecule has 1 amide bonds. The number of nitrogen functional groups attached to an aromatic ring is 1. The van der Waals surface area contributed by atoms with Crippen LogP contribution in [-0.4, -0.2) is 48.1 Å². The Kier molecular flexibility index (Phi) is 6.18. The van der Waals surface area contributed by atoms with Gasteiger partial charge in [0, 0.05) is 37.1 Å². The number of carbonyl (C=O) groups excluding carboxylic acids is 1. The van der Waals surface area contributed by atoms with E-state index in [0.29, 0.717) is 55.1 Å². The Labute approximate surface area is 203 Å². The highest BCUT2D eigenvalue weighted by Gasteiger charge is 2.26. The Morgan fingerprint density at radius 1 is 1.11 bits per heavy atom. The van der Waals surface area contributed by atoms with Crippen LogP contribution in [0.1, 0.15) is 6.42 Å². The van der Waals surface area contributed by atoms with Gasteiger partial charge >= 0.3 is 0 Å². The molecule has 2 aliphatic rings. The molecule has 1 fully saturated rings. The Hall–Kier alpha value is -4.58.